The number of carbonyl (C=O) groups excluding carboxylic acids is 2. The second-order valence-electron chi connectivity index (χ2n) is 7.09. The highest BCUT2D eigenvalue weighted by Gasteiger charge is 2.16. The molecule has 0 bridgehead atoms. The number of benzene rings is 3. The summed E-state index contributed by atoms with van der Waals surface area (Å²) in [6.07, 6.45) is 1.45. The first-order valence-corrected chi connectivity index (χ1v) is 10.2. The molecule has 2 N–H and O–H groups in total. The molecule has 3 aromatic carbocycles. The molecule has 2 amide bonds. The van der Waals surface area contributed by atoms with Crippen LogP contribution in [0.25, 0.3) is 0 Å². The van der Waals surface area contributed by atoms with Gasteiger partial charge in [0.05, 0.1) is 13.4 Å². The lowest BCUT2D eigenvalue weighted by molar-refractivity contribution is 0.0992. The number of furan rings is 1. The minimum Gasteiger partial charge on any atom is -0.497 e. The van der Waals surface area contributed by atoms with Gasteiger partial charge in [0.2, 0.25) is 0 Å². The average Bonchev–Trinajstić information content (AvgIpc) is 3.33. The number of nitrogens with one attached hydrogen (secondary N) is 2. The van der Waals surface area contributed by atoms with Crippen LogP contribution in [0.1, 0.15) is 26.5 Å². The number of hydrogen-bond donors (Lipinski definition) is 2. The third-order valence-corrected chi connectivity index (χ3v) is 4.84. The zero-order valence-corrected chi connectivity index (χ0v) is 17.9. The Kier molecular flexibility index (Phi) is 6.70. The summed E-state index contributed by atoms with van der Waals surface area (Å²) in [5.41, 5.74) is 2.28. The maximum atomic E-state index is 12.7. The molecule has 0 saturated carbocycles. The van der Waals surface area contributed by atoms with Gasteiger partial charge in [-0.05, 0) is 66.7 Å². The molecular formula is C26H22N2O5. The van der Waals surface area contributed by atoms with Crippen molar-refractivity contribution >= 4 is 23.2 Å². The van der Waals surface area contributed by atoms with Crippen molar-refractivity contribution in [3.63, 3.8) is 0 Å². The van der Waals surface area contributed by atoms with Gasteiger partial charge in [0.25, 0.3) is 11.8 Å². The summed E-state index contributed by atoms with van der Waals surface area (Å²) in [5, 5.41) is 5.59. The van der Waals surface area contributed by atoms with E-state index < -0.39 is 5.91 Å². The van der Waals surface area contributed by atoms with Gasteiger partial charge in [0.15, 0.2) is 5.76 Å². The number of hydrogen-bond acceptors (Lipinski definition) is 5. The molecule has 0 fully saturated rings. The van der Waals surface area contributed by atoms with Crippen molar-refractivity contribution in [2.24, 2.45) is 0 Å². The molecule has 0 unspecified atom stereocenters. The van der Waals surface area contributed by atoms with Gasteiger partial charge in [-0.3, -0.25) is 9.59 Å². The van der Waals surface area contributed by atoms with E-state index in [9.17, 15) is 9.59 Å². The molecule has 0 aliphatic heterocycles. The Morgan fingerprint density at radius 3 is 2.06 bits per heavy atom. The fourth-order valence-electron chi connectivity index (χ4n) is 3.10. The van der Waals surface area contributed by atoms with Crippen LogP contribution in [0.15, 0.2) is 95.6 Å². The molecule has 0 atom stereocenters. The number of para-hydroxylation sites is 1. The first kappa shape index (κ1) is 21.7. The second-order valence-corrected chi connectivity index (χ2v) is 7.09. The van der Waals surface area contributed by atoms with Gasteiger partial charge in [-0.15, -0.1) is 0 Å². The molecule has 7 nitrogen and oxygen atoms in total. The van der Waals surface area contributed by atoms with Crippen LogP contribution in [0.3, 0.4) is 0 Å². The van der Waals surface area contributed by atoms with Gasteiger partial charge < -0.3 is 24.5 Å². The van der Waals surface area contributed by atoms with Gasteiger partial charge in [-0.1, -0.05) is 18.2 Å². The standard InChI is InChI=1S/C26H22N2O5/c1-31-22-13-11-21(12-14-22)27-25(29)18-7-9-20(10-8-18)28-26(30)24-19(15-16-32-24)17-33-23-5-3-2-4-6-23/h2-16H,17H2,1H3,(H,27,29)(H,28,30). The van der Waals surface area contributed by atoms with Crippen LogP contribution in [0.4, 0.5) is 11.4 Å². The Bertz CT molecular complexity index is 1220. The van der Waals surface area contributed by atoms with E-state index in [2.05, 4.69) is 10.6 Å². The molecule has 4 rings (SSSR count). The number of ether oxygens (including phenoxy) is 2. The number of methoxy groups -OCH3 is 1. The summed E-state index contributed by atoms with van der Waals surface area (Å²) in [4.78, 5) is 25.1. The Hall–Kier alpha value is -4.52. The van der Waals surface area contributed by atoms with E-state index in [0.717, 1.165) is 0 Å². The first-order valence-electron chi connectivity index (χ1n) is 10.2. The number of anilines is 2. The van der Waals surface area contributed by atoms with Crippen molar-refractivity contribution in [3.05, 3.63) is 108 Å². The van der Waals surface area contributed by atoms with E-state index in [-0.39, 0.29) is 18.3 Å². The highest BCUT2D eigenvalue weighted by atomic mass is 16.5. The zero-order valence-electron chi connectivity index (χ0n) is 17.9. The molecule has 166 valence electrons. The second kappa shape index (κ2) is 10.2. The maximum absolute atomic E-state index is 12.7. The summed E-state index contributed by atoms with van der Waals surface area (Å²) < 4.78 is 16.2. The van der Waals surface area contributed by atoms with Crippen molar-refractivity contribution in [1.82, 2.24) is 0 Å². The largest absolute Gasteiger partial charge is 0.497 e. The van der Waals surface area contributed by atoms with Crippen molar-refractivity contribution < 1.29 is 23.5 Å². The minimum atomic E-state index is -0.401. The first-order chi connectivity index (χ1) is 16.1. The normalized spacial score (nSPS) is 10.3. The monoisotopic (exact) mass is 442 g/mol. The van der Waals surface area contributed by atoms with Crippen LogP contribution in [0, 0.1) is 0 Å². The highest BCUT2D eigenvalue weighted by molar-refractivity contribution is 6.06. The van der Waals surface area contributed by atoms with E-state index in [1.54, 1.807) is 61.7 Å². The van der Waals surface area contributed by atoms with Gasteiger partial charge >= 0.3 is 0 Å². The summed E-state index contributed by atoms with van der Waals surface area (Å²) in [7, 11) is 1.58. The van der Waals surface area contributed by atoms with Crippen molar-refractivity contribution in [2.75, 3.05) is 17.7 Å². The van der Waals surface area contributed by atoms with Crippen molar-refractivity contribution in [1.29, 1.82) is 0 Å². The molecule has 1 heterocycles. The number of amides is 2. The molecular weight excluding hydrogens is 420 g/mol. The van der Waals surface area contributed by atoms with E-state index in [1.807, 2.05) is 30.3 Å². The smallest absolute Gasteiger partial charge is 0.291 e. The molecule has 0 aliphatic rings. The predicted molar refractivity (Wildman–Crippen MR) is 125 cm³/mol. The lowest BCUT2D eigenvalue weighted by Crippen LogP contribution is -2.14. The molecule has 0 radical (unpaired) electrons. The summed E-state index contributed by atoms with van der Waals surface area (Å²) >= 11 is 0. The number of rotatable bonds is 8. The van der Waals surface area contributed by atoms with E-state index >= 15 is 0 Å². The van der Waals surface area contributed by atoms with Crippen LogP contribution in [0.2, 0.25) is 0 Å². The molecule has 1 aromatic heterocycles. The fourth-order valence-corrected chi connectivity index (χ4v) is 3.10. The fraction of sp³-hybridized carbons (Fsp3) is 0.0769. The quantitative estimate of drug-likeness (QED) is 0.383. The predicted octanol–water partition coefficient (Wildman–Crippen LogP) is 5.37. The Balaban J connectivity index is 1.35. The Morgan fingerprint density at radius 2 is 1.39 bits per heavy atom. The molecule has 33 heavy (non-hydrogen) atoms. The van der Waals surface area contributed by atoms with Gasteiger partial charge in [0, 0.05) is 22.5 Å². The van der Waals surface area contributed by atoms with Crippen LogP contribution in [-0.2, 0) is 6.61 Å². The van der Waals surface area contributed by atoms with Crippen LogP contribution < -0.4 is 20.1 Å². The average molecular weight is 442 g/mol. The topological polar surface area (TPSA) is 89.8 Å². The van der Waals surface area contributed by atoms with Crippen molar-refractivity contribution in [2.45, 2.75) is 6.61 Å². The summed E-state index contributed by atoms with van der Waals surface area (Å²) in [5.74, 6) is 0.923. The lowest BCUT2D eigenvalue weighted by atomic mass is 10.1. The Labute approximate surface area is 191 Å². The van der Waals surface area contributed by atoms with Crippen molar-refractivity contribution in [3.8, 4) is 11.5 Å². The maximum Gasteiger partial charge on any atom is 0.291 e. The lowest BCUT2D eigenvalue weighted by Gasteiger charge is -2.09. The highest BCUT2D eigenvalue weighted by Crippen LogP contribution is 2.19. The van der Waals surface area contributed by atoms with E-state index in [1.165, 1.54) is 6.26 Å². The van der Waals surface area contributed by atoms with E-state index in [4.69, 9.17) is 13.9 Å². The van der Waals surface area contributed by atoms with Crippen LogP contribution >= 0.6 is 0 Å². The Morgan fingerprint density at radius 1 is 0.758 bits per heavy atom. The summed E-state index contributed by atoms with van der Waals surface area (Å²) in [6.45, 7) is 0.202. The van der Waals surface area contributed by atoms with E-state index in [0.29, 0.717) is 34.0 Å². The molecule has 0 saturated heterocycles. The zero-order chi connectivity index (χ0) is 23.0. The number of carbonyl (C=O) groups is 2. The SMILES string of the molecule is COc1ccc(NC(=O)c2ccc(NC(=O)c3occc3COc3ccccc3)cc2)cc1. The van der Waals surface area contributed by atoms with Gasteiger partial charge in [-0.2, -0.15) is 0 Å². The molecule has 0 spiro atoms. The van der Waals surface area contributed by atoms with Gasteiger partial charge in [-0.25, -0.2) is 0 Å². The van der Waals surface area contributed by atoms with Crippen LogP contribution in [0.5, 0.6) is 11.5 Å². The third kappa shape index (κ3) is 5.59. The molecule has 4 aromatic rings. The van der Waals surface area contributed by atoms with Crippen LogP contribution in [-0.4, -0.2) is 18.9 Å². The molecule has 7 heteroatoms. The summed E-state index contributed by atoms with van der Waals surface area (Å²) in [6, 6.07) is 24.7. The third-order valence-electron chi connectivity index (χ3n) is 4.84. The van der Waals surface area contributed by atoms with Gasteiger partial charge in [0.1, 0.15) is 18.1 Å². The minimum absolute atomic E-state index is 0.173. The molecule has 0 aliphatic carbocycles.